The van der Waals surface area contributed by atoms with Gasteiger partial charge in [-0.15, -0.1) is 0 Å². The van der Waals surface area contributed by atoms with Crippen molar-refractivity contribution in [2.45, 2.75) is 6.61 Å². The summed E-state index contributed by atoms with van der Waals surface area (Å²) in [7, 11) is 1.51. The molecule has 1 aromatic heterocycles. The molecule has 1 N–H and O–H groups in total. The fourth-order valence-electron chi connectivity index (χ4n) is 1.28. The van der Waals surface area contributed by atoms with Gasteiger partial charge < -0.3 is 10.1 Å². The quantitative estimate of drug-likeness (QED) is 0.827. The Morgan fingerprint density at radius 3 is 2.88 bits per heavy atom. The molecule has 0 atom stereocenters. The van der Waals surface area contributed by atoms with E-state index < -0.39 is 6.09 Å². The number of amides is 1. The molecular formula is C11H11N3O2. The highest BCUT2D eigenvalue weighted by atomic mass is 16.5. The lowest BCUT2D eigenvalue weighted by molar-refractivity contribution is 0.140. The van der Waals surface area contributed by atoms with Crippen LogP contribution in [0.25, 0.3) is 11.0 Å². The molecule has 0 radical (unpaired) electrons. The van der Waals surface area contributed by atoms with Crippen molar-refractivity contribution in [1.29, 1.82) is 0 Å². The number of rotatable bonds is 2. The molecule has 5 nitrogen and oxygen atoms in total. The smallest absolute Gasteiger partial charge is 0.407 e. The number of nitrogens with one attached hydrogen (secondary N) is 1. The molecule has 0 spiro atoms. The number of benzene rings is 1. The fraction of sp³-hybridized carbons (Fsp3) is 0.182. The van der Waals surface area contributed by atoms with Crippen LogP contribution >= 0.6 is 0 Å². The second-order valence-electron chi connectivity index (χ2n) is 3.18. The first kappa shape index (κ1) is 10.4. The van der Waals surface area contributed by atoms with Gasteiger partial charge in [0.15, 0.2) is 0 Å². The minimum atomic E-state index is -0.477. The summed E-state index contributed by atoms with van der Waals surface area (Å²) < 4.78 is 4.87. The topological polar surface area (TPSA) is 64.1 Å². The van der Waals surface area contributed by atoms with Crippen LogP contribution in [0, 0.1) is 0 Å². The number of hydrogen-bond acceptors (Lipinski definition) is 4. The Morgan fingerprint density at radius 2 is 2.12 bits per heavy atom. The summed E-state index contributed by atoms with van der Waals surface area (Å²) in [5.74, 6) is 0. The molecule has 0 saturated carbocycles. The van der Waals surface area contributed by atoms with Crippen molar-refractivity contribution < 1.29 is 9.53 Å². The first-order valence-electron chi connectivity index (χ1n) is 4.85. The summed E-state index contributed by atoms with van der Waals surface area (Å²) in [5.41, 5.74) is 2.24. The molecule has 1 aromatic carbocycles. The van der Waals surface area contributed by atoms with Gasteiger partial charge in [-0.3, -0.25) is 4.98 Å². The highest BCUT2D eigenvalue weighted by Gasteiger charge is 2.02. The average Bonchev–Trinajstić information content (AvgIpc) is 2.35. The van der Waals surface area contributed by atoms with E-state index in [1.165, 1.54) is 7.05 Å². The summed E-state index contributed by atoms with van der Waals surface area (Å²) in [6.07, 6.45) is 1.13. The summed E-state index contributed by atoms with van der Waals surface area (Å²) >= 11 is 0. The molecule has 0 unspecified atom stereocenters. The van der Waals surface area contributed by atoms with Gasteiger partial charge in [-0.25, -0.2) is 9.78 Å². The van der Waals surface area contributed by atoms with Crippen molar-refractivity contribution in [3.05, 3.63) is 36.2 Å². The third-order valence-electron chi connectivity index (χ3n) is 2.05. The normalized spacial score (nSPS) is 10.1. The number of fused-ring (bicyclic) bond motifs is 1. The van der Waals surface area contributed by atoms with Crippen molar-refractivity contribution in [1.82, 2.24) is 15.3 Å². The predicted octanol–water partition coefficient (Wildman–Crippen LogP) is 1.49. The largest absolute Gasteiger partial charge is 0.443 e. The van der Waals surface area contributed by atoms with E-state index >= 15 is 0 Å². The van der Waals surface area contributed by atoms with Crippen molar-refractivity contribution in [3.8, 4) is 0 Å². The predicted molar refractivity (Wildman–Crippen MR) is 58.8 cm³/mol. The van der Waals surface area contributed by atoms with Gasteiger partial charge in [-0.2, -0.15) is 0 Å². The molecule has 0 aliphatic carbocycles. The molecule has 82 valence electrons. The highest BCUT2D eigenvalue weighted by Crippen LogP contribution is 2.08. The van der Waals surface area contributed by atoms with Gasteiger partial charge in [0.05, 0.1) is 22.9 Å². The first-order valence-corrected chi connectivity index (χ1v) is 4.85. The third kappa shape index (κ3) is 2.25. The van der Waals surface area contributed by atoms with E-state index in [2.05, 4.69) is 15.3 Å². The van der Waals surface area contributed by atoms with Gasteiger partial charge >= 0.3 is 6.09 Å². The molecule has 16 heavy (non-hydrogen) atoms. The maximum Gasteiger partial charge on any atom is 0.407 e. The van der Waals surface area contributed by atoms with Gasteiger partial charge in [-0.1, -0.05) is 12.1 Å². The van der Waals surface area contributed by atoms with Gasteiger partial charge in [0.2, 0.25) is 0 Å². The summed E-state index contributed by atoms with van der Waals surface area (Å²) in [4.78, 5) is 19.4. The zero-order valence-electron chi connectivity index (χ0n) is 8.80. The molecule has 0 aliphatic rings. The zero-order valence-corrected chi connectivity index (χ0v) is 8.80. The lowest BCUT2D eigenvalue weighted by Crippen LogP contribution is -2.19. The number of hydrogen-bond donors (Lipinski definition) is 1. The number of carbonyl (C=O) groups is 1. The van der Waals surface area contributed by atoms with Crippen LogP contribution in [-0.2, 0) is 11.3 Å². The molecule has 2 rings (SSSR count). The molecule has 1 amide bonds. The van der Waals surface area contributed by atoms with E-state index in [4.69, 9.17) is 4.74 Å². The van der Waals surface area contributed by atoms with E-state index in [9.17, 15) is 4.79 Å². The SMILES string of the molecule is CNC(=O)OCc1cnc2ccccc2n1. The number of nitrogens with zero attached hydrogens (tertiary/aromatic N) is 2. The molecule has 0 aliphatic heterocycles. The Kier molecular flexibility index (Phi) is 2.95. The first-order chi connectivity index (χ1) is 7.79. The second-order valence-corrected chi connectivity index (χ2v) is 3.18. The van der Waals surface area contributed by atoms with E-state index in [1.54, 1.807) is 6.20 Å². The summed E-state index contributed by atoms with van der Waals surface area (Å²) in [6, 6.07) is 7.54. The van der Waals surface area contributed by atoms with Crippen molar-refractivity contribution in [3.63, 3.8) is 0 Å². The Hall–Kier alpha value is -2.17. The third-order valence-corrected chi connectivity index (χ3v) is 2.05. The number of alkyl carbamates (subject to hydrolysis) is 1. The van der Waals surface area contributed by atoms with Crippen LogP contribution in [0.4, 0.5) is 4.79 Å². The van der Waals surface area contributed by atoms with E-state index in [1.807, 2.05) is 24.3 Å². The van der Waals surface area contributed by atoms with Crippen LogP contribution in [0.15, 0.2) is 30.5 Å². The van der Waals surface area contributed by atoms with Gasteiger partial charge in [0, 0.05) is 7.05 Å². The number of para-hydroxylation sites is 2. The van der Waals surface area contributed by atoms with Crippen molar-refractivity contribution >= 4 is 17.1 Å². The van der Waals surface area contributed by atoms with E-state index in [-0.39, 0.29) is 6.61 Å². The Labute approximate surface area is 92.5 Å². The monoisotopic (exact) mass is 217 g/mol. The van der Waals surface area contributed by atoms with Crippen LogP contribution in [0.1, 0.15) is 5.69 Å². The van der Waals surface area contributed by atoms with Crippen LogP contribution in [0.2, 0.25) is 0 Å². The van der Waals surface area contributed by atoms with Crippen LogP contribution in [-0.4, -0.2) is 23.1 Å². The van der Waals surface area contributed by atoms with Gasteiger partial charge in [-0.05, 0) is 12.1 Å². The summed E-state index contributed by atoms with van der Waals surface area (Å²) in [5, 5.41) is 2.36. The van der Waals surface area contributed by atoms with E-state index in [0.29, 0.717) is 5.69 Å². The lowest BCUT2D eigenvalue weighted by atomic mass is 10.3. The molecule has 2 aromatic rings. The maximum absolute atomic E-state index is 10.9. The summed E-state index contributed by atoms with van der Waals surface area (Å²) in [6.45, 7) is 0.123. The molecule has 0 bridgehead atoms. The Bertz CT molecular complexity index is 513. The van der Waals surface area contributed by atoms with Crippen molar-refractivity contribution in [2.75, 3.05) is 7.05 Å². The fourth-order valence-corrected chi connectivity index (χ4v) is 1.28. The Morgan fingerprint density at radius 1 is 1.38 bits per heavy atom. The zero-order chi connectivity index (χ0) is 11.4. The standard InChI is InChI=1S/C11H11N3O2/c1-12-11(15)16-7-8-6-13-9-4-2-3-5-10(9)14-8/h2-6H,7H2,1H3,(H,12,15). The average molecular weight is 217 g/mol. The molecule has 0 saturated heterocycles. The molecule has 5 heteroatoms. The van der Waals surface area contributed by atoms with Crippen molar-refractivity contribution in [2.24, 2.45) is 0 Å². The molecular weight excluding hydrogens is 206 g/mol. The number of aromatic nitrogens is 2. The second kappa shape index (κ2) is 4.57. The number of carbonyl (C=O) groups excluding carboxylic acids is 1. The van der Waals surface area contributed by atoms with E-state index in [0.717, 1.165) is 11.0 Å². The number of ether oxygens (including phenoxy) is 1. The van der Waals surface area contributed by atoms with Gasteiger partial charge in [0.25, 0.3) is 0 Å². The van der Waals surface area contributed by atoms with Crippen LogP contribution < -0.4 is 5.32 Å². The minimum absolute atomic E-state index is 0.123. The maximum atomic E-state index is 10.9. The van der Waals surface area contributed by atoms with Crippen LogP contribution in [0.5, 0.6) is 0 Å². The van der Waals surface area contributed by atoms with Crippen LogP contribution in [0.3, 0.4) is 0 Å². The van der Waals surface area contributed by atoms with Gasteiger partial charge in [0.1, 0.15) is 6.61 Å². The minimum Gasteiger partial charge on any atom is -0.443 e. The molecule has 1 heterocycles. The lowest BCUT2D eigenvalue weighted by Gasteiger charge is -2.03. The Balaban J connectivity index is 2.16. The molecule has 0 fully saturated rings. The highest BCUT2D eigenvalue weighted by molar-refractivity contribution is 5.73.